The Morgan fingerprint density at radius 2 is 0.470 bits per heavy atom. The van der Waals surface area contributed by atoms with E-state index < -0.39 is 6.10 Å². The molecule has 0 spiro atoms. The first-order valence-electron chi connectivity index (χ1n) is 34.7. The van der Waals surface area contributed by atoms with Crippen LogP contribution < -0.4 is 0 Å². The fraction of sp³-hybridized carbons (Fsp3) is 0.675. The normalized spacial score (nSPS) is 13.0. The number of allylic oxidation sites excluding steroid dienone is 22. The molecule has 0 aliphatic heterocycles. The van der Waals surface area contributed by atoms with E-state index in [-0.39, 0.29) is 37.5 Å². The fourth-order valence-electron chi connectivity index (χ4n) is 9.49. The number of esters is 3. The van der Waals surface area contributed by atoms with Crippen molar-refractivity contribution in [1.29, 1.82) is 0 Å². The van der Waals surface area contributed by atoms with E-state index in [4.69, 9.17) is 14.2 Å². The molecule has 0 rings (SSSR count). The minimum absolute atomic E-state index is 0.103. The summed E-state index contributed by atoms with van der Waals surface area (Å²) in [4.78, 5) is 38.5. The van der Waals surface area contributed by atoms with Gasteiger partial charge < -0.3 is 14.2 Å². The molecule has 0 bridgehead atoms. The lowest BCUT2D eigenvalue weighted by Crippen LogP contribution is -2.30. The zero-order chi connectivity index (χ0) is 59.9. The van der Waals surface area contributed by atoms with E-state index in [2.05, 4.69) is 154 Å². The highest BCUT2D eigenvalue weighted by molar-refractivity contribution is 5.71. The number of rotatable bonds is 62. The van der Waals surface area contributed by atoms with Crippen LogP contribution >= 0.6 is 0 Å². The molecule has 472 valence electrons. The van der Waals surface area contributed by atoms with Gasteiger partial charge in [-0.25, -0.2) is 0 Å². The number of carbonyl (C=O) groups is 3. The summed E-state index contributed by atoms with van der Waals surface area (Å²) in [6.45, 7) is 6.39. The van der Waals surface area contributed by atoms with Crippen molar-refractivity contribution in [3.8, 4) is 0 Å². The van der Waals surface area contributed by atoms with E-state index in [9.17, 15) is 14.4 Å². The van der Waals surface area contributed by atoms with Gasteiger partial charge in [-0.05, 0) is 135 Å². The molecule has 1 unspecified atom stereocenters. The third kappa shape index (κ3) is 68.2. The van der Waals surface area contributed by atoms with E-state index >= 15 is 0 Å². The maximum atomic E-state index is 12.9. The van der Waals surface area contributed by atoms with Crippen LogP contribution in [0.25, 0.3) is 0 Å². The van der Waals surface area contributed by atoms with Gasteiger partial charge in [0.05, 0.1) is 0 Å². The lowest BCUT2D eigenvalue weighted by molar-refractivity contribution is -0.167. The van der Waals surface area contributed by atoms with Crippen LogP contribution in [0.15, 0.2) is 134 Å². The zero-order valence-electron chi connectivity index (χ0n) is 54.2. The van der Waals surface area contributed by atoms with Crippen molar-refractivity contribution in [2.75, 3.05) is 13.2 Å². The smallest absolute Gasteiger partial charge is 0.306 e. The van der Waals surface area contributed by atoms with Gasteiger partial charge in [-0.1, -0.05) is 296 Å². The number of hydrogen-bond donors (Lipinski definition) is 0. The molecule has 0 radical (unpaired) electrons. The van der Waals surface area contributed by atoms with Gasteiger partial charge in [0.25, 0.3) is 0 Å². The Morgan fingerprint density at radius 1 is 0.253 bits per heavy atom. The average molecular weight is 1150 g/mol. The number of carbonyl (C=O) groups excluding carboxylic acids is 3. The molecule has 83 heavy (non-hydrogen) atoms. The Kier molecular flexibility index (Phi) is 66.3. The van der Waals surface area contributed by atoms with Crippen molar-refractivity contribution in [2.45, 2.75) is 322 Å². The summed E-state index contributed by atoms with van der Waals surface area (Å²) in [5, 5.41) is 0. The van der Waals surface area contributed by atoms with Crippen molar-refractivity contribution in [1.82, 2.24) is 0 Å². The van der Waals surface area contributed by atoms with Crippen LogP contribution in [0.2, 0.25) is 0 Å². The highest BCUT2D eigenvalue weighted by Crippen LogP contribution is 2.16. The summed E-state index contributed by atoms with van der Waals surface area (Å²) in [6.07, 6.45) is 99.0. The minimum atomic E-state index is -0.814. The highest BCUT2D eigenvalue weighted by atomic mass is 16.6. The SMILES string of the molecule is CC/C=C\C/C=C\C/C=C\C/C=C\C/C=C\C/C=C\CCCCC(=O)OC(COC(=O)CCCCCCCC/C=C\C/C=C\C/C=C\C/C=C\CC)COC(=O)CCCCCCCCCCCCCCC/C=C\CCCCCCCCCC. The lowest BCUT2D eigenvalue weighted by Gasteiger charge is -2.18. The second kappa shape index (κ2) is 70.0. The summed E-state index contributed by atoms with van der Waals surface area (Å²) in [7, 11) is 0. The van der Waals surface area contributed by atoms with Crippen molar-refractivity contribution >= 4 is 17.9 Å². The van der Waals surface area contributed by atoms with Crippen LogP contribution in [-0.4, -0.2) is 37.2 Å². The largest absolute Gasteiger partial charge is 0.462 e. The average Bonchev–Trinajstić information content (AvgIpc) is 3.50. The maximum absolute atomic E-state index is 12.9. The summed E-state index contributed by atoms with van der Waals surface area (Å²) < 4.78 is 16.9. The summed E-state index contributed by atoms with van der Waals surface area (Å²) >= 11 is 0. The van der Waals surface area contributed by atoms with Gasteiger partial charge in [-0.3, -0.25) is 14.4 Å². The van der Waals surface area contributed by atoms with Crippen molar-refractivity contribution in [3.05, 3.63) is 134 Å². The fourth-order valence-corrected chi connectivity index (χ4v) is 9.49. The molecule has 0 aromatic rings. The molecule has 0 aliphatic rings. The third-order valence-corrected chi connectivity index (χ3v) is 14.6. The molecule has 6 heteroatoms. The van der Waals surface area contributed by atoms with E-state index in [0.717, 1.165) is 128 Å². The van der Waals surface area contributed by atoms with Crippen LogP contribution in [0.1, 0.15) is 316 Å². The molecule has 0 heterocycles. The molecule has 0 aromatic carbocycles. The number of unbranched alkanes of at least 4 members (excludes halogenated alkanes) is 29. The Labute approximate surface area is 513 Å². The van der Waals surface area contributed by atoms with Gasteiger partial charge >= 0.3 is 17.9 Å². The second-order valence-electron chi connectivity index (χ2n) is 22.7. The Balaban J connectivity index is 4.45. The molecule has 0 aliphatic carbocycles. The first-order valence-corrected chi connectivity index (χ1v) is 34.7. The Morgan fingerprint density at radius 3 is 0.771 bits per heavy atom. The Bertz CT molecular complexity index is 1750. The quantitative estimate of drug-likeness (QED) is 0.0261. The van der Waals surface area contributed by atoms with Gasteiger partial charge in [-0.15, -0.1) is 0 Å². The zero-order valence-corrected chi connectivity index (χ0v) is 54.2. The summed E-state index contributed by atoms with van der Waals surface area (Å²) in [5.41, 5.74) is 0. The molecule has 0 fully saturated rings. The molecule has 0 saturated carbocycles. The van der Waals surface area contributed by atoms with Crippen molar-refractivity contribution in [3.63, 3.8) is 0 Å². The number of hydrogen-bond acceptors (Lipinski definition) is 6. The van der Waals surface area contributed by atoms with Crippen LogP contribution in [-0.2, 0) is 28.6 Å². The van der Waals surface area contributed by atoms with Crippen LogP contribution in [0.5, 0.6) is 0 Å². The maximum Gasteiger partial charge on any atom is 0.306 e. The van der Waals surface area contributed by atoms with Gasteiger partial charge in [0.2, 0.25) is 0 Å². The molecule has 0 amide bonds. The van der Waals surface area contributed by atoms with E-state index in [1.54, 1.807) is 0 Å². The standard InChI is InChI=1S/C77H128O6/c1-4-7-10-13-16-19-22-25-28-31-34-36-37-38-39-41-43-46-49-52-55-58-61-64-67-70-76(79)82-73-74(72-81-75(78)69-66-63-60-57-54-51-48-45-42-33-30-27-24-21-18-15-12-9-6-3)83-77(80)71-68-65-62-59-56-53-50-47-44-40-35-32-29-26-23-20-17-14-11-8-5-2/h8-9,11-12,17-18,20-21,26-27,29-31,34-35,40,42,45,47,50,56,59,74H,4-7,10,13-16,19,22-25,28,32-33,36-39,41,43-44,46,48-49,51-55,57-58,60-73H2,1-3H3/b11-8-,12-9-,20-17-,21-18-,29-26-,30-27-,34-31-,40-35-,45-42-,50-47-,59-56-. The van der Waals surface area contributed by atoms with Gasteiger partial charge in [0, 0.05) is 19.3 Å². The van der Waals surface area contributed by atoms with Crippen molar-refractivity contribution < 1.29 is 28.6 Å². The minimum Gasteiger partial charge on any atom is -0.462 e. The molecular weight excluding hydrogens is 1020 g/mol. The third-order valence-electron chi connectivity index (χ3n) is 14.6. The molecular formula is C77H128O6. The summed E-state index contributed by atoms with van der Waals surface area (Å²) in [5.74, 6) is -0.954. The first kappa shape index (κ1) is 78.5. The molecule has 0 aromatic heterocycles. The van der Waals surface area contributed by atoms with Crippen molar-refractivity contribution in [2.24, 2.45) is 0 Å². The Hall–Kier alpha value is -4.45. The predicted molar refractivity (Wildman–Crippen MR) is 362 cm³/mol. The first-order chi connectivity index (χ1) is 41.0. The monoisotopic (exact) mass is 1150 g/mol. The number of ether oxygens (including phenoxy) is 3. The van der Waals surface area contributed by atoms with Crippen LogP contribution in [0.3, 0.4) is 0 Å². The molecule has 6 nitrogen and oxygen atoms in total. The van der Waals surface area contributed by atoms with E-state index in [1.807, 2.05) is 0 Å². The van der Waals surface area contributed by atoms with E-state index in [1.165, 1.54) is 141 Å². The van der Waals surface area contributed by atoms with Gasteiger partial charge in [-0.2, -0.15) is 0 Å². The van der Waals surface area contributed by atoms with Crippen LogP contribution in [0, 0.1) is 0 Å². The van der Waals surface area contributed by atoms with Gasteiger partial charge in [0.15, 0.2) is 6.10 Å². The molecule has 0 saturated heterocycles. The summed E-state index contributed by atoms with van der Waals surface area (Å²) in [6, 6.07) is 0. The molecule has 1 atom stereocenters. The van der Waals surface area contributed by atoms with Gasteiger partial charge in [0.1, 0.15) is 13.2 Å². The molecule has 0 N–H and O–H groups in total. The second-order valence-corrected chi connectivity index (χ2v) is 22.7. The predicted octanol–water partition coefficient (Wildman–Crippen LogP) is 24.1. The van der Waals surface area contributed by atoms with E-state index in [0.29, 0.717) is 19.3 Å². The lowest BCUT2D eigenvalue weighted by atomic mass is 10.0. The van der Waals surface area contributed by atoms with Crippen LogP contribution in [0.4, 0.5) is 0 Å². The highest BCUT2D eigenvalue weighted by Gasteiger charge is 2.19. The topological polar surface area (TPSA) is 78.9 Å².